The van der Waals surface area contributed by atoms with Crippen molar-refractivity contribution in [2.24, 2.45) is 11.8 Å². The second-order valence-corrected chi connectivity index (χ2v) is 12.9. The molecule has 11 nitrogen and oxygen atoms in total. The van der Waals surface area contributed by atoms with Gasteiger partial charge >= 0.3 is 17.9 Å². The standard InChI is InChI=1S/C15H22N2O3.C9H16O4.C6H8N2.B7/c1-10(8-13(18)20-15(2,3)4)14(19)17-12-7-5-6-11(16)9-12;1-6(8(11)12)5-7(10)13-9(2,3)4;7-5-2-1-3-6(8)4-5;1-5-7(4)6(2)3/h5-7,9-10H,8,16H2,1-4H3,(H,17,19);6H,5H2,1-4H3,(H,11,12);1-4H,7-8H2;/t10-;6-;;/m00../s1. The number of hydrogen-bond donors (Lipinski definition) is 5. The van der Waals surface area contributed by atoms with E-state index in [-0.39, 0.29) is 31.1 Å². The second-order valence-electron chi connectivity index (χ2n) is 12.9. The monoisotopic (exact) mass is 651 g/mol. The predicted molar refractivity (Wildman–Crippen MR) is 202 cm³/mol. The van der Waals surface area contributed by atoms with Crippen molar-refractivity contribution in [2.45, 2.75) is 79.4 Å². The highest BCUT2D eigenvalue weighted by Gasteiger charge is 2.23. The molecule has 48 heavy (non-hydrogen) atoms. The van der Waals surface area contributed by atoms with Crippen molar-refractivity contribution in [3.8, 4) is 0 Å². The molecule has 9 radical (unpaired) electrons. The normalized spacial score (nSPS) is 11.5. The van der Waals surface area contributed by atoms with Gasteiger partial charge in [0.15, 0.2) is 0 Å². The van der Waals surface area contributed by atoms with Crippen LogP contribution in [0.15, 0.2) is 48.5 Å². The number of carboxylic acid groups (broad SMARTS) is 1. The van der Waals surface area contributed by atoms with Gasteiger partial charge in [0.1, 0.15) is 11.2 Å². The molecular weight excluding hydrogens is 604 g/mol. The third-order valence-corrected chi connectivity index (χ3v) is 5.39. The number of ether oxygens (including phenoxy) is 2. The highest BCUT2D eigenvalue weighted by atomic mass is 16.6. The highest BCUT2D eigenvalue weighted by Crippen LogP contribution is 2.16. The number of carbonyl (C=O) groups excluding carboxylic acids is 3. The number of esters is 2. The molecule has 0 aliphatic carbocycles. The third kappa shape index (κ3) is 26.3. The summed E-state index contributed by atoms with van der Waals surface area (Å²) in [6, 6.07) is 14.0. The molecule has 0 bridgehead atoms. The maximum Gasteiger partial charge on any atom is 0.307 e. The Hall–Kier alpha value is -3.83. The number of aliphatic carboxylic acids is 1. The van der Waals surface area contributed by atoms with E-state index >= 15 is 0 Å². The zero-order valence-corrected chi connectivity index (χ0v) is 29.4. The quantitative estimate of drug-likeness (QED) is 0.152. The van der Waals surface area contributed by atoms with Crippen LogP contribution in [0.1, 0.15) is 68.2 Å². The average molecular weight is 650 g/mol. The van der Waals surface area contributed by atoms with Gasteiger partial charge in [0.2, 0.25) is 5.91 Å². The Kier molecular flexibility index (Phi) is 21.9. The highest BCUT2D eigenvalue weighted by molar-refractivity contribution is 7.81. The van der Waals surface area contributed by atoms with Crippen molar-refractivity contribution in [3.63, 3.8) is 0 Å². The van der Waals surface area contributed by atoms with Crippen LogP contribution in [0.3, 0.4) is 0 Å². The van der Waals surface area contributed by atoms with Crippen LogP contribution in [0.25, 0.3) is 0 Å². The average Bonchev–Trinajstić information content (AvgIpc) is 2.91. The fourth-order valence-electron chi connectivity index (χ4n) is 3.02. The first-order valence-electron chi connectivity index (χ1n) is 15.1. The van der Waals surface area contributed by atoms with Crippen LogP contribution in [0, 0.1) is 11.8 Å². The molecule has 8 N–H and O–H groups in total. The smallest absolute Gasteiger partial charge is 0.307 e. The minimum atomic E-state index is -0.981. The fraction of sp³-hybridized carbons (Fsp3) is 0.467. The van der Waals surface area contributed by atoms with Crippen molar-refractivity contribution < 1.29 is 33.8 Å². The van der Waals surface area contributed by atoms with E-state index in [4.69, 9.17) is 62.7 Å². The summed E-state index contributed by atoms with van der Waals surface area (Å²) in [5, 5.41) is 11.2. The molecule has 2 rings (SSSR count). The number of carbonyl (C=O) groups is 4. The van der Waals surface area contributed by atoms with Gasteiger partial charge < -0.3 is 37.1 Å². The number of nitrogen functional groups attached to an aromatic ring is 3. The zero-order chi connectivity index (χ0) is 37.8. The molecule has 0 unspecified atom stereocenters. The molecule has 0 aromatic heterocycles. The number of benzene rings is 2. The molecule has 0 aliphatic heterocycles. The number of nitrogens with one attached hydrogen (secondary N) is 1. The van der Waals surface area contributed by atoms with Crippen LogP contribution in [0.2, 0.25) is 0 Å². The van der Waals surface area contributed by atoms with Gasteiger partial charge in [0, 0.05) is 79.4 Å². The lowest BCUT2D eigenvalue weighted by molar-refractivity contribution is -0.159. The van der Waals surface area contributed by atoms with Gasteiger partial charge in [0.05, 0.1) is 18.8 Å². The molecule has 2 aromatic carbocycles. The van der Waals surface area contributed by atoms with E-state index in [1.54, 1.807) is 90.9 Å². The minimum Gasteiger partial charge on any atom is -0.481 e. The minimum absolute atomic E-state index is 0.0470. The first-order chi connectivity index (χ1) is 21.9. The fourth-order valence-corrected chi connectivity index (χ4v) is 3.02. The van der Waals surface area contributed by atoms with E-state index in [2.05, 4.69) is 5.32 Å². The summed E-state index contributed by atoms with van der Waals surface area (Å²) in [4.78, 5) is 45.1. The number of anilines is 4. The number of rotatable bonds is 9. The molecule has 0 saturated heterocycles. The number of carboxylic acids is 1. The largest absolute Gasteiger partial charge is 0.481 e. The van der Waals surface area contributed by atoms with Crippen LogP contribution >= 0.6 is 0 Å². The van der Waals surface area contributed by atoms with Crippen molar-refractivity contribution in [3.05, 3.63) is 48.5 Å². The van der Waals surface area contributed by atoms with Crippen LogP contribution in [0.5, 0.6) is 0 Å². The van der Waals surface area contributed by atoms with Gasteiger partial charge in [-0.05, 0) is 77.9 Å². The summed E-state index contributed by atoms with van der Waals surface area (Å²) in [7, 11) is 21.6. The number of hydrogen-bond acceptors (Lipinski definition) is 9. The van der Waals surface area contributed by atoms with Gasteiger partial charge in [-0.15, -0.1) is 0 Å². The lowest BCUT2D eigenvalue weighted by Crippen LogP contribution is -2.43. The van der Waals surface area contributed by atoms with Crippen molar-refractivity contribution in [2.75, 3.05) is 22.5 Å². The number of amides is 1. The first-order valence-corrected chi connectivity index (χ1v) is 15.1. The van der Waals surface area contributed by atoms with E-state index < -0.39 is 41.4 Å². The molecule has 0 saturated carbocycles. The molecule has 0 fully saturated rings. The summed E-state index contributed by atoms with van der Waals surface area (Å²) in [6.45, 7) is 13.8. The zero-order valence-electron chi connectivity index (χ0n) is 29.4. The summed E-state index contributed by atoms with van der Waals surface area (Å²) in [6.07, 6.45) is -0.956. The topological polar surface area (TPSA) is 197 Å². The van der Waals surface area contributed by atoms with Crippen molar-refractivity contribution in [1.82, 2.24) is 0 Å². The van der Waals surface area contributed by atoms with Crippen LogP contribution < -0.4 is 22.5 Å². The summed E-state index contributed by atoms with van der Waals surface area (Å²) in [5.41, 5.74) is 17.9. The maximum absolute atomic E-state index is 12.0. The molecular formula is C30H46B7N4O7. The molecule has 0 heterocycles. The lowest BCUT2D eigenvalue weighted by atomic mass is 8.76. The summed E-state index contributed by atoms with van der Waals surface area (Å²) >= 11 is 0. The molecule has 2 atom stereocenters. The van der Waals surface area contributed by atoms with E-state index in [0.717, 1.165) is 0 Å². The van der Waals surface area contributed by atoms with Gasteiger partial charge in [-0.25, -0.2) is 0 Å². The van der Waals surface area contributed by atoms with E-state index in [1.807, 2.05) is 6.07 Å². The lowest BCUT2D eigenvalue weighted by Gasteiger charge is -2.20. The van der Waals surface area contributed by atoms with Crippen LogP contribution in [-0.2, 0) is 28.7 Å². The van der Waals surface area contributed by atoms with E-state index in [0.29, 0.717) is 22.7 Å². The predicted octanol–water partition coefficient (Wildman–Crippen LogP) is 2.20. The molecule has 1 amide bonds. The van der Waals surface area contributed by atoms with Gasteiger partial charge in [-0.2, -0.15) is 0 Å². The Labute approximate surface area is 292 Å². The number of nitrogens with two attached hydrogens (primary N) is 3. The molecule has 2 aromatic rings. The van der Waals surface area contributed by atoms with Gasteiger partial charge in [0.25, 0.3) is 0 Å². The van der Waals surface area contributed by atoms with Crippen molar-refractivity contribution >= 4 is 97.3 Å². The molecule has 18 heteroatoms. The van der Waals surface area contributed by atoms with Crippen LogP contribution in [-0.4, -0.2) is 90.9 Å². The van der Waals surface area contributed by atoms with E-state index in [1.165, 1.54) is 14.0 Å². The van der Waals surface area contributed by atoms with Gasteiger partial charge in [-0.3, -0.25) is 19.2 Å². The third-order valence-electron chi connectivity index (χ3n) is 5.39. The first kappa shape index (κ1) is 46.3. The van der Waals surface area contributed by atoms with Crippen LogP contribution in [0.4, 0.5) is 22.7 Å². The summed E-state index contributed by atoms with van der Waals surface area (Å²) < 4.78 is 10.1. The SMILES string of the molecule is C[C@@H](CC(=O)OC(C)(C)C)C(=O)Nc1cccc(N)c1.C[C@@H](CC(=O)OC(C)(C)C)C(=O)O.Nc1cccc(N)c1.[B][B]B([B])B([B])[B]. The molecule has 0 spiro atoms. The Balaban J connectivity index is 0. The Morgan fingerprint density at radius 3 is 1.48 bits per heavy atom. The summed E-state index contributed by atoms with van der Waals surface area (Å²) in [5.74, 6) is -3.22. The second kappa shape index (κ2) is 22.7. The van der Waals surface area contributed by atoms with E-state index in [9.17, 15) is 19.2 Å². The van der Waals surface area contributed by atoms with Crippen molar-refractivity contribution in [1.29, 1.82) is 0 Å². The maximum atomic E-state index is 12.0. The molecule has 0 aliphatic rings. The Bertz CT molecular complexity index is 1280. The van der Waals surface area contributed by atoms with Gasteiger partial charge in [-0.1, -0.05) is 26.0 Å². The Morgan fingerprint density at radius 2 is 1.19 bits per heavy atom. The Morgan fingerprint density at radius 1 is 0.792 bits per heavy atom. The molecule has 249 valence electrons.